The SMILES string of the molecule is COC(=O)C[C@H](C(=O)NN(Cc1c(F)cc(-c2ccn(C(F)F)n2)cc1F)C[C@H](OC(=O)OCCl)[C@@H](CC(=O)[C@@H](NC(=O)OC)C(C)(C)C(F)(F)F)Cc1ccc(C#Cc2ccc(N3CC4CCC(C3)N4C3COC3)nc2)cc1)C(C)(C)C(F)(F)F. The maximum absolute atomic E-state index is 16.3. The van der Waals surface area contributed by atoms with E-state index in [9.17, 15) is 59.1 Å². The summed E-state index contributed by atoms with van der Waals surface area (Å²) in [5.41, 5.74) is -4.38. The Hall–Kier alpha value is -7.22. The summed E-state index contributed by atoms with van der Waals surface area (Å²) in [5.74, 6) is -4.30. The minimum Gasteiger partial charge on any atom is -0.469 e. The van der Waals surface area contributed by atoms with E-state index in [0.29, 0.717) is 74.1 Å². The van der Waals surface area contributed by atoms with Gasteiger partial charge in [0.2, 0.25) is 5.91 Å². The van der Waals surface area contributed by atoms with Gasteiger partial charge in [-0.2, -0.15) is 40.2 Å². The predicted octanol–water partition coefficient (Wildman–Crippen LogP) is 9.52. The van der Waals surface area contributed by atoms with E-state index in [1.54, 1.807) is 18.3 Å². The number of hydrogen-bond acceptors (Lipinski definition) is 15. The van der Waals surface area contributed by atoms with Crippen LogP contribution in [0.5, 0.6) is 0 Å². The van der Waals surface area contributed by atoms with Crippen molar-refractivity contribution in [3.05, 3.63) is 101 Å². The summed E-state index contributed by atoms with van der Waals surface area (Å²) in [6.07, 6.45) is -13.6. The van der Waals surface area contributed by atoms with Crippen LogP contribution in [-0.2, 0) is 51.0 Å². The number of piperazine rings is 1. The minimum absolute atomic E-state index is 0.191. The lowest BCUT2D eigenvalue weighted by Gasteiger charge is -2.47. The highest BCUT2D eigenvalue weighted by atomic mass is 35.5. The topological polar surface area (TPSA) is 196 Å². The second-order valence-corrected chi connectivity index (χ2v) is 22.4. The first-order chi connectivity index (χ1) is 40.4. The van der Waals surface area contributed by atoms with E-state index >= 15 is 8.78 Å². The maximum atomic E-state index is 16.3. The van der Waals surface area contributed by atoms with Crippen LogP contribution in [0.25, 0.3) is 11.3 Å². The molecule has 4 aromatic rings. The number of ketones is 1. The molecule has 5 heterocycles. The van der Waals surface area contributed by atoms with E-state index in [4.69, 9.17) is 25.8 Å². The van der Waals surface area contributed by atoms with Crippen molar-refractivity contribution < 1.29 is 91.6 Å². The molecule has 2 amide bonds. The zero-order chi connectivity index (χ0) is 63.1. The van der Waals surface area contributed by atoms with Gasteiger partial charge < -0.3 is 33.9 Å². The summed E-state index contributed by atoms with van der Waals surface area (Å²) in [5, 5.41) is 6.07. The third kappa shape index (κ3) is 15.9. The van der Waals surface area contributed by atoms with Gasteiger partial charge >= 0.3 is 37.1 Å². The van der Waals surface area contributed by atoms with Gasteiger partial charge in [0.1, 0.15) is 29.6 Å². The van der Waals surface area contributed by atoms with Crippen molar-refractivity contribution in [2.24, 2.45) is 22.7 Å². The number of rotatable bonds is 23. The van der Waals surface area contributed by atoms with E-state index in [2.05, 4.69) is 46.6 Å². The molecular formula is C57H63ClF10N8O10. The number of halogens is 11. The number of Topliss-reactive ketones (excluding diaryl/α,β-unsaturated/α-hetero) is 1. The third-order valence-electron chi connectivity index (χ3n) is 15.9. The number of methoxy groups -OCH3 is 2. The van der Waals surface area contributed by atoms with Gasteiger partial charge in [0.25, 0.3) is 0 Å². The number of esters is 1. The van der Waals surface area contributed by atoms with Crippen LogP contribution >= 0.6 is 11.6 Å². The molecule has 0 spiro atoms. The van der Waals surface area contributed by atoms with Crippen LogP contribution in [0.2, 0.25) is 0 Å². The second kappa shape index (κ2) is 27.6. The molecule has 2 aromatic carbocycles. The van der Waals surface area contributed by atoms with E-state index in [0.717, 1.165) is 71.4 Å². The maximum Gasteiger partial charge on any atom is 0.509 e. The Balaban J connectivity index is 1.26. The number of fused-ring (bicyclic) bond motifs is 2. The Kier molecular flexibility index (Phi) is 21.3. The van der Waals surface area contributed by atoms with Crippen molar-refractivity contribution in [2.75, 3.05) is 58.0 Å². The van der Waals surface area contributed by atoms with Gasteiger partial charge in [0.15, 0.2) is 11.8 Å². The molecule has 0 saturated carbocycles. The molecule has 0 radical (unpaired) electrons. The molecule has 7 rings (SSSR count). The van der Waals surface area contributed by atoms with Crippen molar-refractivity contribution >= 4 is 47.3 Å². The van der Waals surface area contributed by atoms with Crippen LogP contribution in [0.15, 0.2) is 67.0 Å². The molecule has 2 aromatic heterocycles. The lowest BCUT2D eigenvalue weighted by atomic mass is 9.75. The molecule has 3 fully saturated rings. The molecule has 3 aliphatic rings. The normalized spacial score (nSPS) is 18.1. The molecule has 0 aliphatic carbocycles. The molecule has 3 aliphatic heterocycles. The van der Waals surface area contributed by atoms with Crippen LogP contribution in [0, 0.1) is 46.1 Å². The molecular weight excluding hydrogens is 1180 g/mol. The number of carbonyl (C=O) groups is 5. The number of alkyl carbamates (subject to hydrolysis) is 1. The van der Waals surface area contributed by atoms with Crippen LogP contribution in [-0.4, -0.2) is 150 Å². The van der Waals surface area contributed by atoms with Gasteiger partial charge in [0, 0.05) is 78.7 Å². The molecule has 468 valence electrons. The monoisotopic (exact) mass is 1240 g/mol. The van der Waals surface area contributed by atoms with Gasteiger partial charge in [-0.15, -0.1) is 0 Å². The summed E-state index contributed by atoms with van der Waals surface area (Å²) >= 11 is 5.70. The summed E-state index contributed by atoms with van der Waals surface area (Å²) < 4.78 is 173. The van der Waals surface area contributed by atoms with Crippen molar-refractivity contribution in [3.8, 4) is 23.1 Å². The number of anilines is 1. The molecule has 2 N–H and O–H groups in total. The molecule has 86 heavy (non-hydrogen) atoms. The fourth-order valence-electron chi connectivity index (χ4n) is 10.5. The highest BCUT2D eigenvalue weighted by molar-refractivity contribution is 6.17. The number of carbonyl (C=O) groups excluding carboxylic acids is 5. The van der Waals surface area contributed by atoms with Gasteiger partial charge in [0.05, 0.1) is 68.9 Å². The fourth-order valence-corrected chi connectivity index (χ4v) is 10.6. The lowest BCUT2D eigenvalue weighted by Crippen LogP contribution is -2.62. The third-order valence-corrected chi connectivity index (χ3v) is 16.0. The fraction of sp³-hybridized carbons (Fsp3) is 0.526. The number of alkyl halides is 9. The standard InChI is InChI=1S/C57H63ClF10N8O10/c1-54(2,56(63,64)65)41(23-48(78)82-5)50(79)72-74(27-40-42(59)20-35(21-43(40)60)44-17-18-75(71-44)51(61)62)28-46(86-53(81)85-31-58)36(22-45(77)49(70-52(80)83-6)55(3,4)57(66,67)68)19-33-10-7-32(8-11-33)9-12-34-13-16-47(69-24-34)73-25-37-14-15-38(26-73)76(37)39-29-84-30-39/h7-8,10-11,13,16-18,20-21,24,36-39,41,46,49,51H,14-15,19,22-23,25-31H2,1-6H3,(H,70,80)(H,72,79)/t36-,37?,38?,41-,46+,49-/m1/s1. The largest absolute Gasteiger partial charge is 0.509 e. The quantitative estimate of drug-likeness (QED) is 0.0178. The van der Waals surface area contributed by atoms with Crippen LogP contribution < -0.4 is 15.6 Å². The first kappa shape index (κ1) is 66.3. The summed E-state index contributed by atoms with van der Waals surface area (Å²) in [6, 6.07) is 10.0. The lowest BCUT2D eigenvalue weighted by molar-refractivity contribution is -0.231. The molecule has 18 nitrogen and oxygen atoms in total. The number of hydrazine groups is 1. The smallest absolute Gasteiger partial charge is 0.469 e. The zero-order valence-electron chi connectivity index (χ0n) is 47.4. The van der Waals surface area contributed by atoms with Gasteiger partial charge in [-0.1, -0.05) is 49.4 Å². The van der Waals surface area contributed by atoms with Crippen molar-refractivity contribution in [1.82, 2.24) is 35.4 Å². The van der Waals surface area contributed by atoms with E-state index in [1.165, 1.54) is 12.1 Å². The Labute approximate surface area is 493 Å². The number of nitrogens with zero attached hydrogens (tertiary/aromatic N) is 6. The zero-order valence-corrected chi connectivity index (χ0v) is 48.1. The van der Waals surface area contributed by atoms with Crippen molar-refractivity contribution in [1.29, 1.82) is 0 Å². The molecule has 2 bridgehead atoms. The number of aromatic nitrogens is 3. The molecule has 6 atom stereocenters. The average molecular weight is 1250 g/mol. The minimum atomic E-state index is -5.22. The number of pyridine rings is 1. The van der Waals surface area contributed by atoms with E-state index < -0.39 is 139 Å². The Morgan fingerprint density at radius 1 is 0.826 bits per heavy atom. The first-order valence-electron chi connectivity index (χ1n) is 27.0. The Bertz CT molecular complexity index is 3080. The predicted molar refractivity (Wildman–Crippen MR) is 288 cm³/mol. The number of amides is 2. The average Bonchev–Trinajstić information content (AvgIpc) is 1.47. The highest BCUT2D eigenvalue weighted by Crippen LogP contribution is 2.46. The summed E-state index contributed by atoms with van der Waals surface area (Å²) in [6.45, 7) is 0.0567. The Morgan fingerprint density at radius 2 is 1.44 bits per heavy atom. The summed E-state index contributed by atoms with van der Waals surface area (Å²) in [4.78, 5) is 77.0. The second-order valence-electron chi connectivity index (χ2n) is 22.1. The number of nitrogens with one attached hydrogen (secondary N) is 2. The van der Waals surface area contributed by atoms with E-state index in [1.807, 2.05) is 17.4 Å². The Morgan fingerprint density at radius 3 is 1.97 bits per heavy atom. The van der Waals surface area contributed by atoms with Crippen LogP contribution in [0.1, 0.15) is 82.2 Å². The number of benzene rings is 2. The van der Waals surface area contributed by atoms with Crippen molar-refractivity contribution in [3.63, 3.8) is 0 Å². The summed E-state index contributed by atoms with van der Waals surface area (Å²) in [7, 11) is 1.65. The number of hydrogen-bond donors (Lipinski definition) is 2. The molecule has 29 heteroatoms. The van der Waals surface area contributed by atoms with Gasteiger partial charge in [-0.05, 0) is 81.1 Å². The first-order valence-corrected chi connectivity index (χ1v) is 27.5. The van der Waals surface area contributed by atoms with E-state index in [-0.39, 0.29) is 21.5 Å². The van der Waals surface area contributed by atoms with Gasteiger partial charge in [-0.3, -0.25) is 24.7 Å². The number of ether oxygens (including phenoxy) is 5. The van der Waals surface area contributed by atoms with Crippen molar-refractivity contribution in [2.45, 2.75) is 116 Å². The highest BCUT2D eigenvalue weighted by Gasteiger charge is 2.57. The molecule has 3 saturated heterocycles. The van der Waals surface area contributed by atoms with Crippen LogP contribution in [0.4, 0.5) is 59.3 Å². The van der Waals surface area contributed by atoms with Crippen LogP contribution in [0.3, 0.4) is 0 Å². The van der Waals surface area contributed by atoms with Gasteiger partial charge in [-0.25, -0.2) is 33.0 Å². The molecule has 2 unspecified atom stereocenters.